The Balaban J connectivity index is 0.000000704. The number of likely N-dealkylation sites (tertiary alicyclic amines) is 1. The standard InChI is InChI=1S/C15H19N2O.C2H6/c16-14-2-1-3-15(11-14)18-9-8-17-6-4-12-10-13(12)5-7-17;1-2/h1-3,10-11H,4-9,16H2;1-2H3. The molecule has 0 fully saturated rings. The quantitative estimate of drug-likeness (QED) is 0.856. The largest absolute Gasteiger partial charge is 0.492 e. The summed E-state index contributed by atoms with van der Waals surface area (Å²) in [6.45, 7) is 8.05. The maximum Gasteiger partial charge on any atom is 0.121 e. The molecule has 1 aromatic carbocycles. The molecule has 1 heterocycles. The summed E-state index contributed by atoms with van der Waals surface area (Å²) < 4.78 is 5.73. The molecule has 0 aromatic heterocycles. The lowest BCUT2D eigenvalue weighted by Gasteiger charge is -2.20. The van der Waals surface area contributed by atoms with Gasteiger partial charge in [0.1, 0.15) is 12.4 Å². The predicted octanol–water partition coefficient (Wildman–Crippen LogP) is 3.28. The highest BCUT2D eigenvalue weighted by Crippen LogP contribution is 2.37. The van der Waals surface area contributed by atoms with E-state index >= 15 is 0 Å². The second kappa shape index (κ2) is 7.34. The van der Waals surface area contributed by atoms with E-state index in [2.05, 4.69) is 11.3 Å². The highest BCUT2D eigenvalue weighted by molar-refractivity contribution is 5.50. The lowest BCUT2D eigenvalue weighted by Crippen LogP contribution is -2.30. The van der Waals surface area contributed by atoms with Crippen molar-refractivity contribution in [2.24, 2.45) is 0 Å². The summed E-state index contributed by atoms with van der Waals surface area (Å²) in [5.41, 5.74) is 9.65. The highest BCUT2D eigenvalue weighted by Gasteiger charge is 2.25. The Labute approximate surface area is 122 Å². The van der Waals surface area contributed by atoms with E-state index in [1.807, 2.05) is 38.1 Å². The van der Waals surface area contributed by atoms with Gasteiger partial charge < -0.3 is 10.5 Å². The zero-order valence-electron chi connectivity index (χ0n) is 12.6. The third-order valence-electron chi connectivity index (χ3n) is 3.61. The molecule has 1 aromatic rings. The van der Waals surface area contributed by atoms with Crippen LogP contribution in [0.25, 0.3) is 0 Å². The number of nitrogens with zero attached hydrogens (tertiary/aromatic N) is 1. The molecule has 2 N–H and O–H groups in total. The van der Waals surface area contributed by atoms with Crippen molar-refractivity contribution in [2.75, 3.05) is 32.0 Å². The lowest BCUT2D eigenvalue weighted by molar-refractivity contribution is 0.214. The van der Waals surface area contributed by atoms with Gasteiger partial charge in [-0.25, -0.2) is 0 Å². The Hall–Kier alpha value is -1.48. The van der Waals surface area contributed by atoms with Gasteiger partial charge in [-0.05, 0) is 25.0 Å². The van der Waals surface area contributed by atoms with Gasteiger partial charge in [-0.15, -0.1) is 0 Å². The van der Waals surface area contributed by atoms with Crippen molar-refractivity contribution >= 4 is 5.69 Å². The number of ether oxygens (including phenoxy) is 1. The first-order chi connectivity index (χ1) is 9.81. The van der Waals surface area contributed by atoms with Crippen molar-refractivity contribution in [3.8, 4) is 5.75 Å². The van der Waals surface area contributed by atoms with Gasteiger partial charge in [0.2, 0.25) is 0 Å². The van der Waals surface area contributed by atoms with E-state index < -0.39 is 0 Å². The van der Waals surface area contributed by atoms with Crippen LogP contribution in [0.5, 0.6) is 5.75 Å². The Kier molecular flexibility index (Phi) is 5.48. The third-order valence-corrected chi connectivity index (χ3v) is 3.61. The van der Waals surface area contributed by atoms with Crippen LogP contribution in [0.4, 0.5) is 5.69 Å². The van der Waals surface area contributed by atoms with Gasteiger partial charge in [0, 0.05) is 37.8 Å². The molecule has 3 rings (SSSR count). The maximum atomic E-state index is 5.73. The van der Waals surface area contributed by atoms with Crippen molar-refractivity contribution < 1.29 is 4.74 Å². The zero-order chi connectivity index (χ0) is 14.4. The first kappa shape index (κ1) is 14.9. The van der Waals surface area contributed by atoms with Gasteiger partial charge in [-0.1, -0.05) is 31.1 Å². The zero-order valence-corrected chi connectivity index (χ0v) is 12.6. The van der Waals surface area contributed by atoms with Crippen molar-refractivity contribution in [3.05, 3.63) is 41.8 Å². The first-order valence-electron chi connectivity index (χ1n) is 7.59. The molecule has 0 saturated carbocycles. The van der Waals surface area contributed by atoms with Crippen LogP contribution < -0.4 is 10.5 Å². The molecule has 109 valence electrons. The monoisotopic (exact) mass is 273 g/mol. The van der Waals surface area contributed by atoms with Crippen LogP contribution in [0.15, 0.2) is 35.4 Å². The average Bonchev–Trinajstić information content (AvgIpc) is 3.22. The molecule has 2 aliphatic rings. The van der Waals surface area contributed by atoms with Gasteiger partial charge >= 0.3 is 0 Å². The van der Waals surface area contributed by atoms with E-state index in [4.69, 9.17) is 10.5 Å². The number of hydrogen-bond acceptors (Lipinski definition) is 3. The minimum Gasteiger partial charge on any atom is -0.492 e. The van der Waals surface area contributed by atoms with E-state index in [0.29, 0.717) is 0 Å². The fraction of sp³-hybridized carbons (Fsp3) is 0.471. The molecular weight excluding hydrogens is 248 g/mol. The molecule has 0 unspecified atom stereocenters. The molecule has 0 spiro atoms. The van der Waals surface area contributed by atoms with Gasteiger partial charge in [0.05, 0.1) is 0 Å². The van der Waals surface area contributed by atoms with Crippen molar-refractivity contribution in [1.29, 1.82) is 0 Å². The number of nitrogen functional groups attached to an aromatic ring is 1. The average molecular weight is 273 g/mol. The molecule has 0 amide bonds. The number of nitrogens with two attached hydrogens (primary N) is 1. The molecule has 0 saturated heterocycles. The molecular formula is C17H25N2O. The topological polar surface area (TPSA) is 38.5 Å². The summed E-state index contributed by atoms with van der Waals surface area (Å²) in [6.07, 6.45) is 4.77. The fourth-order valence-electron chi connectivity index (χ4n) is 2.43. The number of anilines is 1. The molecule has 3 heteroatoms. The molecule has 1 aliphatic heterocycles. The molecule has 0 atom stereocenters. The van der Waals surface area contributed by atoms with Gasteiger partial charge in [0.25, 0.3) is 0 Å². The summed E-state index contributed by atoms with van der Waals surface area (Å²) in [4.78, 5) is 2.48. The second-order valence-electron chi connectivity index (χ2n) is 4.96. The molecule has 0 bridgehead atoms. The van der Waals surface area contributed by atoms with Crippen LogP contribution in [0.1, 0.15) is 26.7 Å². The SMILES string of the molecule is CC.Nc1cccc(OCCN2CCC3=C([CH]3)CC2)c1. The summed E-state index contributed by atoms with van der Waals surface area (Å²) in [6, 6.07) is 7.62. The van der Waals surface area contributed by atoms with E-state index in [-0.39, 0.29) is 0 Å². The number of benzene rings is 1. The maximum absolute atomic E-state index is 5.73. The van der Waals surface area contributed by atoms with Crippen molar-refractivity contribution in [1.82, 2.24) is 4.90 Å². The summed E-state index contributed by atoms with van der Waals surface area (Å²) in [7, 11) is 0. The van der Waals surface area contributed by atoms with E-state index in [1.54, 1.807) is 11.1 Å². The lowest BCUT2D eigenvalue weighted by atomic mass is 10.3. The van der Waals surface area contributed by atoms with Crippen LogP contribution >= 0.6 is 0 Å². The smallest absolute Gasteiger partial charge is 0.121 e. The third kappa shape index (κ3) is 4.27. The summed E-state index contributed by atoms with van der Waals surface area (Å²) in [5, 5.41) is 0. The van der Waals surface area contributed by atoms with Gasteiger partial charge in [-0.3, -0.25) is 4.90 Å². The Morgan fingerprint density at radius 2 is 1.85 bits per heavy atom. The Morgan fingerprint density at radius 1 is 1.15 bits per heavy atom. The van der Waals surface area contributed by atoms with Crippen LogP contribution in [-0.2, 0) is 0 Å². The van der Waals surface area contributed by atoms with Crippen LogP contribution in [-0.4, -0.2) is 31.1 Å². The van der Waals surface area contributed by atoms with Crippen LogP contribution in [0.2, 0.25) is 0 Å². The number of hydrogen-bond donors (Lipinski definition) is 1. The summed E-state index contributed by atoms with van der Waals surface area (Å²) in [5.74, 6) is 0.866. The predicted molar refractivity (Wildman–Crippen MR) is 84.7 cm³/mol. The van der Waals surface area contributed by atoms with Crippen molar-refractivity contribution in [2.45, 2.75) is 26.7 Å². The van der Waals surface area contributed by atoms with Crippen LogP contribution in [0.3, 0.4) is 0 Å². The van der Waals surface area contributed by atoms with Crippen molar-refractivity contribution in [3.63, 3.8) is 0 Å². The first-order valence-corrected chi connectivity index (χ1v) is 7.59. The van der Waals surface area contributed by atoms with E-state index in [1.165, 1.54) is 12.8 Å². The van der Waals surface area contributed by atoms with E-state index in [0.717, 1.165) is 37.7 Å². The van der Waals surface area contributed by atoms with Gasteiger partial charge in [-0.2, -0.15) is 0 Å². The van der Waals surface area contributed by atoms with E-state index in [9.17, 15) is 0 Å². The highest BCUT2D eigenvalue weighted by atomic mass is 16.5. The Bertz CT molecular complexity index is 452. The van der Waals surface area contributed by atoms with Crippen LogP contribution in [0, 0.1) is 6.42 Å². The second-order valence-corrected chi connectivity index (χ2v) is 4.96. The molecule has 20 heavy (non-hydrogen) atoms. The molecule has 1 aliphatic carbocycles. The summed E-state index contributed by atoms with van der Waals surface area (Å²) >= 11 is 0. The molecule has 3 nitrogen and oxygen atoms in total. The molecule has 1 radical (unpaired) electrons. The van der Waals surface area contributed by atoms with Gasteiger partial charge in [0.15, 0.2) is 0 Å². The minimum atomic E-state index is 0.734. The minimum absolute atomic E-state index is 0.734. The Morgan fingerprint density at radius 3 is 2.50 bits per heavy atom. The fourth-order valence-corrected chi connectivity index (χ4v) is 2.43. The normalized spacial score (nSPS) is 17.7. The number of rotatable bonds is 4.